The minimum atomic E-state index is -3.55. The zero-order valence-electron chi connectivity index (χ0n) is 19.4. The summed E-state index contributed by atoms with van der Waals surface area (Å²) in [4.78, 5) is 42.0. The van der Waals surface area contributed by atoms with Crippen molar-refractivity contribution in [3.63, 3.8) is 0 Å². The second-order valence-corrected chi connectivity index (χ2v) is 10.5. The summed E-state index contributed by atoms with van der Waals surface area (Å²) >= 11 is 0. The number of hydrogen-bond donors (Lipinski definition) is 2. The minimum Gasteiger partial charge on any atom is -0.363 e. The molecule has 2 aromatic carbocycles. The summed E-state index contributed by atoms with van der Waals surface area (Å²) in [5.41, 5.74) is 7.46. The molecular formula is C26H21N5O5S. The second-order valence-electron chi connectivity index (χ2n) is 8.52. The fraction of sp³-hybridized carbons (Fsp3) is 0.115. The van der Waals surface area contributed by atoms with Gasteiger partial charge in [0.25, 0.3) is 11.8 Å². The zero-order chi connectivity index (χ0) is 26.2. The molecule has 37 heavy (non-hydrogen) atoms. The van der Waals surface area contributed by atoms with Crippen molar-refractivity contribution >= 4 is 27.4 Å². The number of nitrogens with two attached hydrogens (primary N) is 1. The molecule has 2 amide bonds. The monoisotopic (exact) mass is 515 g/mol. The second kappa shape index (κ2) is 9.43. The smallest absolute Gasteiger partial charge is 0.287 e. The Morgan fingerprint density at radius 2 is 1.73 bits per heavy atom. The van der Waals surface area contributed by atoms with E-state index in [9.17, 15) is 22.8 Å². The van der Waals surface area contributed by atoms with E-state index >= 15 is 0 Å². The summed E-state index contributed by atoms with van der Waals surface area (Å²) in [6, 6.07) is 17.3. The molecule has 186 valence electrons. The van der Waals surface area contributed by atoms with Crippen LogP contribution in [0.25, 0.3) is 17.1 Å². The molecule has 1 aliphatic rings. The van der Waals surface area contributed by atoms with Gasteiger partial charge in [0.1, 0.15) is 6.04 Å². The van der Waals surface area contributed by atoms with E-state index in [4.69, 9.17) is 5.73 Å². The van der Waals surface area contributed by atoms with E-state index in [1.807, 2.05) is 6.07 Å². The van der Waals surface area contributed by atoms with Crippen LogP contribution in [0.15, 0.2) is 84.0 Å². The minimum absolute atomic E-state index is 0.0641. The molecule has 2 aromatic heterocycles. The molecule has 0 saturated carbocycles. The SMILES string of the molecule is NC(=O)C(=O)C(Cc1ccccc1)NC(=O)c1cccnc1-n1cc2c(n1)-c1ccccc1S(=O)(=O)C2. The maximum atomic E-state index is 13.3. The van der Waals surface area contributed by atoms with Gasteiger partial charge in [-0.2, -0.15) is 5.10 Å². The van der Waals surface area contributed by atoms with Crippen LogP contribution >= 0.6 is 0 Å². The van der Waals surface area contributed by atoms with Gasteiger partial charge in [0.05, 0.1) is 21.9 Å². The Morgan fingerprint density at radius 3 is 2.49 bits per heavy atom. The van der Waals surface area contributed by atoms with Gasteiger partial charge in [-0.15, -0.1) is 0 Å². The van der Waals surface area contributed by atoms with Crippen molar-refractivity contribution in [1.82, 2.24) is 20.1 Å². The number of rotatable bonds is 7. The summed E-state index contributed by atoms with van der Waals surface area (Å²) in [5.74, 6) is -2.86. The summed E-state index contributed by atoms with van der Waals surface area (Å²) < 4.78 is 26.9. The molecule has 11 heteroatoms. The molecule has 1 unspecified atom stereocenters. The molecule has 0 spiro atoms. The number of amides is 2. The molecule has 0 bridgehead atoms. The highest BCUT2D eigenvalue weighted by Crippen LogP contribution is 2.37. The van der Waals surface area contributed by atoms with Crippen molar-refractivity contribution in [3.8, 4) is 17.1 Å². The number of primary amides is 1. The lowest BCUT2D eigenvalue weighted by atomic mass is 10.0. The van der Waals surface area contributed by atoms with Gasteiger partial charge in [-0.05, 0) is 23.8 Å². The largest absolute Gasteiger partial charge is 0.363 e. The highest BCUT2D eigenvalue weighted by atomic mass is 32.2. The molecule has 1 aliphatic heterocycles. The molecule has 3 N–H and O–H groups in total. The topological polar surface area (TPSA) is 154 Å². The predicted molar refractivity (Wildman–Crippen MR) is 133 cm³/mol. The van der Waals surface area contributed by atoms with Gasteiger partial charge in [-0.1, -0.05) is 48.5 Å². The third-order valence-corrected chi connectivity index (χ3v) is 7.73. The number of benzene rings is 2. The third-order valence-electron chi connectivity index (χ3n) is 6.01. The molecule has 0 aliphatic carbocycles. The third kappa shape index (κ3) is 4.64. The van der Waals surface area contributed by atoms with Crippen LogP contribution in [-0.2, 0) is 31.6 Å². The van der Waals surface area contributed by atoms with Crippen LogP contribution in [0.2, 0.25) is 0 Å². The van der Waals surface area contributed by atoms with Gasteiger partial charge in [-0.25, -0.2) is 18.1 Å². The lowest BCUT2D eigenvalue weighted by Crippen LogP contribution is -2.47. The van der Waals surface area contributed by atoms with Gasteiger partial charge in [0, 0.05) is 29.9 Å². The van der Waals surface area contributed by atoms with Crippen molar-refractivity contribution < 1.29 is 22.8 Å². The molecule has 3 heterocycles. The molecule has 0 fully saturated rings. The predicted octanol–water partition coefficient (Wildman–Crippen LogP) is 1.62. The van der Waals surface area contributed by atoms with Crippen molar-refractivity contribution in [3.05, 3.63) is 95.8 Å². The van der Waals surface area contributed by atoms with Crippen LogP contribution in [0.4, 0.5) is 0 Å². The number of carbonyl (C=O) groups excluding carboxylic acids is 3. The van der Waals surface area contributed by atoms with E-state index in [0.717, 1.165) is 5.56 Å². The molecule has 1 atom stereocenters. The zero-order valence-corrected chi connectivity index (χ0v) is 20.2. The first-order valence-corrected chi connectivity index (χ1v) is 12.9. The summed E-state index contributed by atoms with van der Waals surface area (Å²) in [6.45, 7) is 0. The Labute approximate surface area is 212 Å². The van der Waals surface area contributed by atoms with Gasteiger partial charge in [0.2, 0.25) is 5.78 Å². The van der Waals surface area contributed by atoms with Crippen molar-refractivity contribution in [2.45, 2.75) is 23.1 Å². The average molecular weight is 516 g/mol. The summed E-state index contributed by atoms with van der Waals surface area (Å²) in [5, 5.41) is 7.15. The highest BCUT2D eigenvalue weighted by Gasteiger charge is 2.32. The van der Waals surface area contributed by atoms with E-state index in [1.54, 1.807) is 48.5 Å². The van der Waals surface area contributed by atoms with E-state index in [2.05, 4.69) is 15.4 Å². The number of hydrogen-bond acceptors (Lipinski definition) is 7. The number of sulfone groups is 1. The first-order chi connectivity index (χ1) is 17.7. The molecule has 0 saturated heterocycles. The van der Waals surface area contributed by atoms with Crippen LogP contribution in [0.5, 0.6) is 0 Å². The van der Waals surface area contributed by atoms with Crippen LogP contribution in [-0.4, -0.2) is 46.8 Å². The first kappa shape index (κ1) is 24.1. The first-order valence-electron chi connectivity index (χ1n) is 11.3. The quantitative estimate of drug-likeness (QED) is 0.355. The number of Topliss-reactive ketones (excluding diaryl/α,β-unsaturated/α-hetero) is 1. The van der Waals surface area contributed by atoms with Gasteiger partial charge in [-0.3, -0.25) is 14.4 Å². The number of nitrogens with one attached hydrogen (secondary N) is 1. The van der Waals surface area contributed by atoms with Crippen molar-refractivity contribution in [2.24, 2.45) is 5.73 Å². The van der Waals surface area contributed by atoms with Gasteiger partial charge >= 0.3 is 0 Å². The lowest BCUT2D eigenvalue weighted by Gasteiger charge is -2.17. The van der Waals surface area contributed by atoms with Crippen LogP contribution in [0, 0.1) is 0 Å². The van der Waals surface area contributed by atoms with Crippen LogP contribution in [0.1, 0.15) is 21.5 Å². The molecular weight excluding hydrogens is 494 g/mol. The Bertz CT molecular complexity index is 1650. The summed E-state index contributed by atoms with van der Waals surface area (Å²) in [6.07, 6.45) is 3.06. The molecule has 0 radical (unpaired) electrons. The number of fused-ring (bicyclic) bond motifs is 3. The summed E-state index contributed by atoms with van der Waals surface area (Å²) in [7, 11) is -3.55. The number of ketones is 1. The number of aromatic nitrogens is 3. The number of carbonyl (C=O) groups is 3. The Balaban J connectivity index is 1.50. The van der Waals surface area contributed by atoms with Gasteiger partial charge in [0.15, 0.2) is 15.7 Å². The lowest BCUT2D eigenvalue weighted by molar-refractivity contribution is -0.137. The van der Waals surface area contributed by atoms with Crippen LogP contribution in [0.3, 0.4) is 0 Å². The standard InChI is InChI=1S/C26H21N5O5S/c27-24(33)23(32)20(13-16-7-2-1-3-8-16)29-26(34)19-10-6-12-28-25(19)31-14-17-15-37(35,36)21-11-5-4-9-18(21)22(17)30-31/h1-12,14,20H,13,15H2,(H2,27,33)(H,29,34). The highest BCUT2D eigenvalue weighted by molar-refractivity contribution is 7.90. The Kier molecular flexibility index (Phi) is 6.14. The van der Waals surface area contributed by atoms with E-state index in [0.29, 0.717) is 16.8 Å². The average Bonchev–Trinajstić information content (AvgIpc) is 3.31. The van der Waals surface area contributed by atoms with E-state index < -0.39 is 33.5 Å². The number of nitrogens with zero attached hydrogens (tertiary/aromatic N) is 3. The van der Waals surface area contributed by atoms with Crippen LogP contribution < -0.4 is 11.1 Å². The molecule has 4 aromatic rings. The normalized spacial score (nSPS) is 14.2. The Morgan fingerprint density at radius 1 is 1.00 bits per heavy atom. The van der Waals surface area contributed by atoms with Gasteiger partial charge < -0.3 is 11.1 Å². The van der Waals surface area contributed by atoms with E-state index in [-0.39, 0.29) is 28.5 Å². The maximum absolute atomic E-state index is 13.3. The maximum Gasteiger partial charge on any atom is 0.287 e. The molecule has 10 nitrogen and oxygen atoms in total. The van der Waals surface area contributed by atoms with Crippen molar-refractivity contribution in [1.29, 1.82) is 0 Å². The Hall–Kier alpha value is -4.64. The van der Waals surface area contributed by atoms with Crippen molar-refractivity contribution in [2.75, 3.05) is 0 Å². The fourth-order valence-corrected chi connectivity index (χ4v) is 5.85. The fourth-order valence-electron chi connectivity index (χ4n) is 4.29. The molecule has 5 rings (SSSR count). The number of pyridine rings is 1. The van der Waals surface area contributed by atoms with E-state index in [1.165, 1.54) is 29.2 Å².